The largest absolute Gasteiger partial charge is 0.465 e. The van der Waals surface area contributed by atoms with Crippen molar-refractivity contribution in [2.24, 2.45) is 0 Å². The minimum Gasteiger partial charge on any atom is -0.465 e. The zero-order chi connectivity index (χ0) is 20.8. The van der Waals surface area contributed by atoms with E-state index in [1.807, 2.05) is 25.1 Å². The van der Waals surface area contributed by atoms with Crippen LogP contribution in [0.15, 0.2) is 24.3 Å². The van der Waals surface area contributed by atoms with E-state index < -0.39 is 5.97 Å². The summed E-state index contributed by atoms with van der Waals surface area (Å²) in [5.74, 6) is -0.849. The molecule has 3 rings (SSSR count). The van der Waals surface area contributed by atoms with Gasteiger partial charge in [-0.05, 0) is 49.8 Å². The van der Waals surface area contributed by atoms with Gasteiger partial charge in [-0.25, -0.2) is 4.79 Å². The Hall–Kier alpha value is -2.67. The van der Waals surface area contributed by atoms with Crippen molar-refractivity contribution >= 4 is 34.1 Å². The highest BCUT2D eigenvalue weighted by Gasteiger charge is 2.26. The number of carbonyl (C=O) groups is 3. The molecule has 0 atom stereocenters. The van der Waals surface area contributed by atoms with Gasteiger partial charge in [0.25, 0.3) is 5.91 Å². The van der Waals surface area contributed by atoms with Crippen molar-refractivity contribution in [1.29, 1.82) is 0 Å². The number of anilines is 1. The van der Waals surface area contributed by atoms with Crippen molar-refractivity contribution in [3.63, 3.8) is 0 Å². The molecule has 6 nitrogen and oxygen atoms in total. The highest BCUT2D eigenvalue weighted by molar-refractivity contribution is 7.17. The van der Waals surface area contributed by atoms with Gasteiger partial charge in [-0.3, -0.25) is 9.59 Å². The SMILES string of the molecule is COC(=O)c1c(NC(=O)CCNC(=O)c2ccccc2C)sc2c1CCCCC2. The van der Waals surface area contributed by atoms with Crippen LogP contribution in [0.5, 0.6) is 0 Å². The number of benzene rings is 1. The summed E-state index contributed by atoms with van der Waals surface area (Å²) in [6, 6.07) is 7.31. The quantitative estimate of drug-likeness (QED) is 0.555. The van der Waals surface area contributed by atoms with E-state index in [1.54, 1.807) is 6.07 Å². The average molecular weight is 415 g/mol. The first-order valence-corrected chi connectivity index (χ1v) is 10.7. The summed E-state index contributed by atoms with van der Waals surface area (Å²) < 4.78 is 4.96. The van der Waals surface area contributed by atoms with E-state index in [9.17, 15) is 14.4 Å². The first kappa shape index (κ1) is 21.0. The lowest BCUT2D eigenvalue weighted by atomic mass is 10.1. The van der Waals surface area contributed by atoms with Crippen molar-refractivity contribution in [3.05, 3.63) is 51.4 Å². The van der Waals surface area contributed by atoms with Crippen LogP contribution >= 0.6 is 11.3 Å². The Bertz CT molecular complexity index is 920. The van der Waals surface area contributed by atoms with Crippen LogP contribution in [0, 0.1) is 6.92 Å². The monoisotopic (exact) mass is 414 g/mol. The van der Waals surface area contributed by atoms with Crippen LogP contribution in [-0.4, -0.2) is 31.4 Å². The lowest BCUT2D eigenvalue weighted by molar-refractivity contribution is -0.116. The van der Waals surface area contributed by atoms with Gasteiger partial charge in [0.2, 0.25) is 5.91 Å². The normalized spacial score (nSPS) is 13.2. The molecule has 154 valence electrons. The van der Waals surface area contributed by atoms with Gasteiger partial charge in [0.15, 0.2) is 0 Å². The molecule has 0 unspecified atom stereocenters. The predicted molar refractivity (Wildman–Crippen MR) is 114 cm³/mol. The van der Waals surface area contributed by atoms with Gasteiger partial charge < -0.3 is 15.4 Å². The molecule has 0 saturated carbocycles. The number of methoxy groups -OCH3 is 1. The van der Waals surface area contributed by atoms with Crippen LogP contribution < -0.4 is 10.6 Å². The van der Waals surface area contributed by atoms with Gasteiger partial charge in [0.1, 0.15) is 5.00 Å². The fourth-order valence-electron chi connectivity index (χ4n) is 3.55. The molecule has 29 heavy (non-hydrogen) atoms. The molecule has 0 spiro atoms. The maximum atomic E-state index is 12.4. The Kier molecular flexibility index (Phi) is 7.04. The maximum absolute atomic E-state index is 12.4. The van der Waals surface area contributed by atoms with Gasteiger partial charge in [0.05, 0.1) is 12.7 Å². The van der Waals surface area contributed by atoms with E-state index in [1.165, 1.54) is 18.4 Å². The molecule has 0 fully saturated rings. The number of ether oxygens (including phenoxy) is 1. The van der Waals surface area contributed by atoms with Crippen molar-refractivity contribution in [2.75, 3.05) is 19.0 Å². The molecule has 0 saturated heterocycles. The highest BCUT2D eigenvalue weighted by atomic mass is 32.1. The first-order chi connectivity index (χ1) is 14.0. The van der Waals surface area contributed by atoms with E-state index >= 15 is 0 Å². The molecule has 0 radical (unpaired) electrons. The molecule has 1 aliphatic rings. The zero-order valence-corrected chi connectivity index (χ0v) is 17.6. The zero-order valence-electron chi connectivity index (χ0n) is 16.8. The molecule has 0 bridgehead atoms. The van der Waals surface area contributed by atoms with E-state index in [0.717, 1.165) is 48.1 Å². The number of hydrogen-bond acceptors (Lipinski definition) is 5. The second-order valence-corrected chi connectivity index (χ2v) is 8.23. The summed E-state index contributed by atoms with van der Waals surface area (Å²) in [7, 11) is 1.36. The third-order valence-corrected chi connectivity index (χ3v) is 6.30. The van der Waals surface area contributed by atoms with Crippen LogP contribution in [0.25, 0.3) is 0 Å². The number of hydrogen-bond donors (Lipinski definition) is 2. The van der Waals surface area contributed by atoms with Crippen LogP contribution in [0.2, 0.25) is 0 Å². The Morgan fingerprint density at radius 3 is 2.62 bits per heavy atom. The Morgan fingerprint density at radius 2 is 1.86 bits per heavy atom. The van der Waals surface area contributed by atoms with Crippen molar-refractivity contribution in [1.82, 2.24) is 5.32 Å². The molecular weight excluding hydrogens is 388 g/mol. The Morgan fingerprint density at radius 1 is 1.10 bits per heavy atom. The standard InChI is InChI=1S/C22H26N2O4S/c1-14-8-6-7-9-15(14)20(26)23-13-12-18(25)24-21-19(22(27)28-2)16-10-4-3-5-11-17(16)29-21/h6-9H,3-5,10-13H2,1-2H3,(H,23,26)(H,24,25). The van der Waals surface area contributed by atoms with E-state index in [0.29, 0.717) is 16.1 Å². The van der Waals surface area contributed by atoms with Crippen molar-refractivity contribution < 1.29 is 19.1 Å². The summed E-state index contributed by atoms with van der Waals surface area (Å²) in [4.78, 5) is 38.2. The molecule has 2 amide bonds. The minimum atomic E-state index is -0.410. The van der Waals surface area contributed by atoms with Gasteiger partial charge in [0, 0.05) is 23.4 Å². The number of rotatable bonds is 6. The Balaban J connectivity index is 1.62. The summed E-state index contributed by atoms with van der Waals surface area (Å²) in [6.07, 6.45) is 5.15. The second kappa shape index (κ2) is 9.69. The molecule has 1 aliphatic carbocycles. The second-order valence-electron chi connectivity index (χ2n) is 7.13. The average Bonchev–Trinajstić information content (AvgIpc) is 2.88. The van der Waals surface area contributed by atoms with Crippen LogP contribution in [0.4, 0.5) is 5.00 Å². The van der Waals surface area contributed by atoms with Crippen LogP contribution in [0.1, 0.15) is 62.4 Å². The predicted octanol–water partition coefficient (Wildman–Crippen LogP) is 3.87. The third-order valence-electron chi connectivity index (χ3n) is 5.09. The van der Waals surface area contributed by atoms with Gasteiger partial charge in [-0.1, -0.05) is 24.6 Å². The summed E-state index contributed by atoms with van der Waals surface area (Å²) in [5.41, 5.74) is 2.99. The van der Waals surface area contributed by atoms with Crippen LogP contribution in [0.3, 0.4) is 0 Å². The lowest BCUT2D eigenvalue weighted by Gasteiger charge is -2.09. The number of fused-ring (bicyclic) bond motifs is 1. The number of nitrogens with one attached hydrogen (secondary N) is 2. The smallest absolute Gasteiger partial charge is 0.341 e. The van der Waals surface area contributed by atoms with Crippen LogP contribution in [-0.2, 0) is 22.4 Å². The number of carbonyl (C=O) groups excluding carboxylic acids is 3. The Labute approximate surface area is 174 Å². The number of aryl methyl sites for hydroxylation is 2. The molecule has 1 aromatic heterocycles. The lowest BCUT2D eigenvalue weighted by Crippen LogP contribution is -2.28. The number of esters is 1. The molecule has 0 aliphatic heterocycles. The first-order valence-electron chi connectivity index (χ1n) is 9.87. The van der Waals surface area contributed by atoms with Gasteiger partial charge in [-0.15, -0.1) is 11.3 Å². The highest BCUT2D eigenvalue weighted by Crippen LogP contribution is 2.38. The summed E-state index contributed by atoms with van der Waals surface area (Å²) >= 11 is 1.47. The molecular formula is C22H26N2O4S. The third kappa shape index (κ3) is 5.03. The molecule has 1 aromatic carbocycles. The molecule has 1 heterocycles. The van der Waals surface area contributed by atoms with Gasteiger partial charge >= 0.3 is 5.97 Å². The molecule has 7 heteroatoms. The summed E-state index contributed by atoms with van der Waals surface area (Å²) in [6.45, 7) is 2.09. The van der Waals surface area contributed by atoms with E-state index in [-0.39, 0.29) is 24.8 Å². The number of amides is 2. The van der Waals surface area contributed by atoms with E-state index in [2.05, 4.69) is 10.6 Å². The number of thiophene rings is 1. The maximum Gasteiger partial charge on any atom is 0.341 e. The van der Waals surface area contributed by atoms with E-state index in [4.69, 9.17) is 4.74 Å². The fraction of sp³-hybridized carbons (Fsp3) is 0.409. The minimum absolute atomic E-state index is 0.126. The van der Waals surface area contributed by atoms with Gasteiger partial charge in [-0.2, -0.15) is 0 Å². The van der Waals surface area contributed by atoms with Crippen molar-refractivity contribution in [3.8, 4) is 0 Å². The molecule has 2 aromatic rings. The summed E-state index contributed by atoms with van der Waals surface area (Å²) in [5, 5.41) is 6.18. The fourth-order valence-corrected chi connectivity index (χ4v) is 4.84. The van der Waals surface area contributed by atoms with Crippen molar-refractivity contribution in [2.45, 2.75) is 45.4 Å². The topological polar surface area (TPSA) is 84.5 Å². The molecule has 2 N–H and O–H groups in total.